The number of thiazole rings is 1. The zero-order valence-electron chi connectivity index (χ0n) is 19.6. The summed E-state index contributed by atoms with van der Waals surface area (Å²) in [5.41, 5.74) is 5.60. The predicted molar refractivity (Wildman–Crippen MR) is 147 cm³/mol. The van der Waals surface area contributed by atoms with Gasteiger partial charge in [0.2, 0.25) is 0 Å². The first-order chi connectivity index (χ1) is 17.6. The van der Waals surface area contributed by atoms with Gasteiger partial charge in [0.1, 0.15) is 5.03 Å². The molecule has 3 heterocycles. The Morgan fingerprint density at radius 2 is 1.53 bits per heavy atom. The first-order valence-electron chi connectivity index (χ1n) is 11.4. The highest BCUT2D eigenvalue weighted by molar-refractivity contribution is 8.01. The number of hydrazone groups is 1. The summed E-state index contributed by atoms with van der Waals surface area (Å²) in [6, 6.07) is 27.6. The lowest BCUT2D eigenvalue weighted by atomic mass is 10.1. The molecule has 0 bridgehead atoms. The second kappa shape index (κ2) is 9.22. The minimum atomic E-state index is -0.151. The lowest BCUT2D eigenvalue weighted by Gasteiger charge is -2.11. The van der Waals surface area contributed by atoms with E-state index in [9.17, 15) is 4.79 Å². The Balaban J connectivity index is 1.46. The second-order valence-electron chi connectivity index (χ2n) is 8.30. The Hall–Kier alpha value is -4.01. The molecule has 0 saturated carbocycles. The fourth-order valence-electron chi connectivity index (χ4n) is 4.08. The summed E-state index contributed by atoms with van der Waals surface area (Å²) in [5.74, 6) is -0.151. The molecule has 6 rings (SSSR count). The SMILES string of the molecule is CC1=NN(c2ccccc2)C(=O)C1=Cc1c(C)nn(-c2ccccc2)c1Sc1nc2ccccc2s1. The van der Waals surface area contributed by atoms with Crippen LogP contribution in [0.25, 0.3) is 22.0 Å². The summed E-state index contributed by atoms with van der Waals surface area (Å²) in [6.07, 6.45) is 1.92. The number of benzene rings is 3. The van der Waals surface area contributed by atoms with Crippen molar-refractivity contribution < 1.29 is 4.79 Å². The zero-order chi connectivity index (χ0) is 24.6. The lowest BCUT2D eigenvalue weighted by Crippen LogP contribution is -2.21. The van der Waals surface area contributed by atoms with E-state index in [-0.39, 0.29) is 5.91 Å². The maximum absolute atomic E-state index is 13.4. The molecule has 0 aliphatic carbocycles. The topological polar surface area (TPSA) is 63.4 Å². The van der Waals surface area contributed by atoms with Gasteiger partial charge in [0.05, 0.1) is 38.6 Å². The Kier molecular flexibility index (Phi) is 5.75. The van der Waals surface area contributed by atoms with Gasteiger partial charge in [0, 0.05) is 5.56 Å². The molecule has 3 aromatic carbocycles. The highest BCUT2D eigenvalue weighted by Crippen LogP contribution is 2.39. The molecule has 2 aromatic heterocycles. The van der Waals surface area contributed by atoms with Crippen LogP contribution in [0, 0.1) is 6.92 Å². The predicted octanol–water partition coefficient (Wildman–Crippen LogP) is 6.75. The normalized spacial score (nSPS) is 14.7. The van der Waals surface area contributed by atoms with E-state index in [1.807, 2.05) is 103 Å². The van der Waals surface area contributed by atoms with Crippen molar-refractivity contribution in [3.63, 3.8) is 0 Å². The highest BCUT2D eigenvalue weighted by atomic mass is 32.2. The molecule has 36 heavy (non-hydrogen) atoms. The van der Waals surface area contributed by atoms with Gasteiger partial charge < -0.3 is 0 Å². The number of amides is 1. The van der Waals surface area contributed by atoms with Crippen LogP contribution in [0.5, 0.6) is 0 Å². The van der Waals surface area contributed by atoms with E-state index in [0.29, 0.717) is 11.3 Å². The maximum atomic E-state index is 13.4. The number of para-hydroxylation sites is 3. The van der Waals surface area contributed by atoms with Crippen LogP contribution in [0.3, 0.4) is 0 Å². The molecule has 1 amide bonds. The molecular weight excluding hydrogens is 486 g/mol. The van der Waals surface area contributed by atoms with E-state index < -0.39 is 0 Å². The largest absolute Gasteiger partial charge is 0.280 e. The maximum Gasteiger partial charge on any atom is 0.280 e. The molecule has 5 aromatic rings. The van der Waals surface area contributed by atoms with Gasteiger partial charge in [-0.2, -0.15) is 15.2 Å². The molecular formula is C28H21N5OS2. The van der Waals surface area contributed by atoms with E-state index in [4.69, 9.17) is 10.1 Å². The van der Waals surface area contributed by atoms with E-state index in [2.05, 4.69) is 11.2 Å². The number of anilines is 1. The average molecular weight is 508 g/mol. The van der Waals surface area contributed by atoms with Gasteiger partial charge in [0.15, 0.2) is 4.34 Å². The van der Waals surface area contributed by atoms with Gasteiger partial charge in [-0.25, -0.2) is 9.67 Å². The van der Waals surface area contributed by atoms with Crippen LogP contribution in [-0.2, 0) is 4.79 Å². The van der Waals surface area contributed by atoms with Gasteiger partial charge in [-0.05, 0) is 68.1 Å². The first kappa shape index (κ1) is 22.5. The molecule has 0 saturated heterocycles. The van der Waals surface area contributed by atoms with Crippen molar-refractivity contribution in [2.45, 2.75) is 23.2 Å². The minimum absolute atomic E-state index is 0.151. The van der Waals surface area contributed by atoms with Crippen LogP contribution in [0.15, 0.2) is 105 Å². The molecule has 0 radical (unpaired) electrons. The van der Waals surface area contributed by atoms with Crippen LogP contribution in [0.4, 0.5) is 5.69 Å². The van der Waals surface area contributed by atoms with Crippen LogP contribution < -0.4 is 5.01 Å². The van der Waals surface area contributed by atoms with Crippen LogP contribution in [0.1, 0.15) is 18.2 Å². The van der Waals surface area contributed by atoms with Crippen LogP contribution in [0.2, 0.25) is 0 Å². The molecule has 0 N–H and O–H groups in total. The number of aromatic nitrogens is 3. The number of nitrogens with zero attached hydrogens (tertiary/aromatic N) is 5. The Morgan fingerprint density at radius 3 is 2.25 bits per heavy atom. The van der Waals surface area contributed by atoms with E-state index in [1.165, 1.54) is 5.01 Å². The molecule has 0 spiro atoms. The number of hydrogen-bond acceptors (Lipinski definition) is 6. The zero-order valence-corrected chi connectivity index (χ0v) is 21.3. The van der Waals surface area contributed by atoms with Crippen molar-refractivity contribution in [1.29, 1.82) is 0 Å². The van der Waals surface area contributed by atoms with Crippen molar-refractivity contribution in [2.24, 2.45) is 5.10 Å². The van der Waals surface area contributed by atoms with Gasteiger partial charge in [0.25, 0.3) is 5.91 Å². The average Bonchev–Trinajstić information content (AvgIpc) is 3.55. The molecule has 8 heteroatoms. The molecule has 176 valence electrons. The van der Waals surface area contributed by atoms with Crippen molar-refractivity contribution in [3.8, 4) is 5.69 Å². The van der Waals surface area contributed by atoms with Crippen molar-refractivity contribution in [1.82, 2.24) is 14.8 Å². The Labute approximate surface area is 216 Å². The Bertz CT molecular complexity index is 1620. The molecule has 1 aliphatic heterocycles. The number of carbonyl (C=O) groups excluding carboxylic acids is 1. The fourth-order valence-corrected chi connectivity index (χ4v) is 6.31. The number of carbonyl (C=O) groups is 1. The van der Waals surface area contributed by atoms with Gasteiger partial charge in [-0.3, -0.25) is 4.79 Å². The standard InChI is InChI=1S/C28H21N5OS2/c1-18-22(26(34)32(30-18)20-11-5-3-6-12-20)17-23-19(2)31-33(21-13-7-4-8-14-21)27(23)36-28-29-24-15-9-10-16-25(24)35-28/h3-17H,1-2H3. The fraction of sp³-hybridized carbons (Fsp3) is 0.0714. The summed E-state index contributed by atoms with van der Waals surface area (Å²) in [4.78, 5) is 18.2. The number of fused-ring (bicyclic) bond motifs is 1. The van der Waals surface area contributed by atoms with E-state index >= 15 is 0 Å². The smallest absolute Gasteiger partial charge is 0.267 e. The molecule has 0 atom stereocenters. The van der Waals surface area contributed by atoms with Gasteiger partial charge in [-0.1, -0.05) is 48.5 Å². The highest BCUT2D eigenvalue weighted by Gasteiger charge is 2.30. The van der Waals surface area contributed by atoms with E-state index in [1.54, 1.807) is 23.1 Å². The third-order valence-electron chi connectivity index (χ3n) is 5.87. The van der Waals surface area contributed by atoms with Crippen molar-refractivity contribution in [3.05, 3.63) is 102 Å². The first-order valence-corrected chi connectivity index (χ1v) is 13.1. The third-order valence-corrected chi connectivity index (χ3v) is 8.06. The van der Waals surface area contributed by atoms with Crippen molar-refractivity contribution >= 4 is 56.7 Å². The minimum Gasteiger partial charge on any atom is -0.267 e. The summed E-state index contributed by atoms with van der Waals surface area (Å²) in [5, 5.41) is 11.8. The van der Waals surface area contributed by atoms with Crippen molar-refractivity contribution in [2.75, 3.05) is 5.01 Å². The van der Waals surface area contributed by atoms with Gasteiger partial charge >= 0.3 is 0 Å². The van der Waals surface area contributed by atoms with Crippen LogP contribution in [-0.4, -0.2) is 26.4 Å². The van der Waals surface area contributed by atoms with Gasteiger partial charge in [-0.15, -0.1) is 11.3 Å². The molecule has 0 unspecified atom stereocenters. The van der Waals surface area contributed by atoms with E-state index in [0.717, 1.165) is 42.2 Å². The lowest BCUT2D eigenvalue weighted by molar-refractivity contribution is -0.114. The quantitative estimate of drug-likeness (QED) is 0.247. The number of hydrogen-bond donors (Lipinski definition) is 0. The summed E-state index contributed by atoms with van der Waals surface area (Å²) < 4.78 is 3.98. The number of rotatable bonds is 5. The Morgan fingerprint density at radius 1 is 0.861 bits per heavy atom. The molecule has 1 aliphatic rings. The van der Waals surface area contributed by atoms with Crippen LogP contribution >= 0.6 is 23.1 Å². The summed E-state index contributed by atoms with van der Waals surface area (Å²) in [6.45, 7) is 3.83. The summed E-state index contributed by atoms with van der Waals surface area (Å²) in [7, 11) is 0. The third kappa shape index (κ3) is 4.04. The molecule has 6 nitrogen and oxygen atoms in total. The second-order valence-corrected chi connectivity index (χ2v) is 10.6. The summed E-state index contributed by atoms with van der Waals surface area (Å²) >= 11 is 3.21. The monoisotopic (exact) mass is 507 g/mol. The number of aryl methyl sites for hydroxylation is 1. The molecule has 0 fully saturated rings.